The summed E-state index contributed by atoms with van der Waals surface area (Å²) >= 11 is 0. The molecule has 0 fully saturated rings. The zero-order valence-corrected chi connectivity index (χ0v) is 13.1. The molecule has 6 heteroatoms. The molecule has 1 aromatic rings. The Morgan fingerprint density at radius 1 is 1.14 bits per heavy atom. The number of nitrogens with zero attached hydrogens (tertiary/aromatic N) is 2. The minimum atomic E-state index is -1.08. The van der Waals surface area contributed by atoms with Gasteiger partial charge < -0.3 is 10.0 Å². The van der Waals surface area contributed by atoms with Gasteiger partial charge in [0.2, 0.25) is 5.91 Å². The van der Waals surface area contributed by atoms with Crippen LogP contribution in [0.3, 0.4) is 0 Å². The lowest BCUT2D eigenvalue weighted by atomic mass is 10.1. The maximum atomic E-state index is 11.8. The third-order valence-electron chi connectivity index (χ3n) is 3.29. The molecule has 6 nitrogen and oxygen atoms in total. The van der Waals surface area contributed by atoms with E-state index in [0.29, 0.717) is 17.4 Å². The summed E-state index contributed by atoms with van der Waals surface area (Å²) in [7, 11) is 0. The number of hydrogen-bond donors (Lipinski definition) is 2. The molecule has 0 aromatic heterocycles. The number of carbonyl (C=O) groups excluding carboxylic acids is 1. The zero-order chi connectivity index (χ0) is 16.5. The van der Waals surface area contributed by atoms with Crippen LogP contribution >= 0.6 is 0 Å². The molecule has 0 aliphatic rings. The minimum Gasteiger partial charge on any atom is -0.465 e. The molecule has 0 heterocycles. The number of benzene rings is 1. The van der Waals surface area contributed by atoms with Crippen molar-refractivity contribution in [3.63, 3.8) is 0 Å². The largest absolute Gasteiger partial charge is 0.465 e. The van der Waals surface area contributed by atoms with Crippen molar-refractivity contribution < 1.29 is 19.9 Å². The van der Waals surface area contributed by atoms with Crippen molar-refractivity contribution in [2.24, 2.45) is 5.92 Å². The molecular weight excluding hydrogens is 284 g/mol. The Labute approximate surface area is 130 Å². The number of carboxylic acid groups (broad SMARTS) is 1. The fourth-order valence-corrected chi connectivity index (χ4v) is 1.91. The second-order valence-electron chi connectivity index (χ2n) is 5.64. The molecular formula is C16H24N2O4. The monoisotopic (exact) mass is 308 g/mol. The van der Waals surface area contributed by atoms with Crippen LogP contribution in [0.25, 0.3) is 0 Å². The van der Waals surface area contributed by atoms with Crippen molar-refractivity contribution in [1.82, 2.24) is 9.96 Å². The number of hydrogen-bond acceptors (Lipinski definition) is 3. The third-order valence-corrected chi connectivity index (χ3v) is 3.29. The lowest BCUT2D eigenvalue weighted by Crippen LogP contribution is -2.35. The van der Waals surface area contributed by atoms with Gasteiger partial charge in [-0.1, -0.05) is 44.2 Å². The predicted octanol–water partition coefficient (Wildman–Crippen LogP) is 2.82. The highest BCUT2D eigenvalue weighted by atomic mass is 16.5. The number of hydroxylamine groups is 2. The average molecular weight is 308 g/mol. The maximum Gasteiger partial charge on any atom is 0.407 e. The standard InChI is InChI=1S/C16H24N2O4/c1-13(2)8-11-18(22)15(19)9-10-17(16(20)21)12-14-6-4-3-5-7-14/h3-7,13,22H,8-12H2,1-2H3,(H,20,21). The quantitative estimate of drug-likeness (QED) is 0.571. The smallest absolute Gasteiger partial charge is 0.407 e. The molecule has 0 aliphatic carbocycles. The van der Waals surface area contributed by atoms with Gasteiger partial charge in [0, 0.05) is 26.1 Å². The first-order valence-corrected chi connectivity index (χ1v) is 7.41. The Kier molecular flexibility index (Phi) is 7.39. The first-order valence-electron chi connectivity index (χ1n) is 7.41. The topological polar surface area (TPSA) is 81.1 Å². The van der Waals surface area contributed by atoms with Gasteiger partial charge in [0.15, 0.2) is 0 Å². The molecule has 0 radical (unpaired) electrons. The molecule has 0 atom stereocenters. The van der Waals surface area contributed by atoms with Crippen molar-refractivity contribution in [2.45, 2.75) is 33.2 Å². The zero-order valence-electron chi connectivity index (χ0n) is 13.1. The number of rotatable bonds is 8. The summed E-state index contributed by atoms with van der Waals surface area (Å²) in [5.74, 6) is -0.0731. The van der Waals surface area contributed by atoms with Crippen LogP contribution in [0.2, 0.25) is 0 Å². The van der Waals surface area contributed by atoms with Crippen LogP contribution in [-0.4, -0.2) is 45.4 Å². The fourth-order valence-electron chi connectivity index (χ4n) is 1.91. The molecule has 1 aromatic carbocycles. The van der Waals surface area contributed by atoms with Gasteiger partial charge in [-0.05, 0) is 17.9 Å². The Morgan fingerprint density at radius 2 is 1.77 bits per heavy atom. The second-order valence-corrected chi connectivity index (χ2v) is 5.64. The summed E-state index contributed by atoms with van der Waals surface area (Å²) in [5.41, 5.74) is 0.859. The van der Waals surface area contributed by atoms with E-state index in [1.165, 1.54) is 4.90 Å². The molecule has 122 valence electrons. The van der Waals surface area contributed by atoms with Crippen LogP contribution in [0.5, 0.6) is 0 Å². The Balaban J connectivity index is 2.47. The van der Waals surface area contributed by atoms with Gasteiger partial charge in [0.25, 0.3) is 0 Å². The summed E-state index contributed by atoms with van der Waals surface area (Å²) in [6.07, 6.45) is -0.411. The van der Waals surface area contributed by atoms with Crippen molar-refractivity contribution in [3.8, 4) is 0 Å². The van der Waals surface area contributed by atoms with Crippen LogP contribution in [0.1, 0.15) is 32.3 Å². The van der Waals surface area contributed by atoms with Gasteiger partial charge in [0.1, 0.15) is 0 Å². The molecule has 22 heavy (non-hydrogen) atoms. The Morgan fingerprint density at radius 3 is 2.32 bits per heavy atom. The van der Waals surface area contributed by atoms with Crippen molar-refractivity contribution in [1.29, 1.82) is 0 Å². The third kappa shape index (κ3) is 6.58. The van der Waals surface area contributed by atoms with Gasteiger partial charge in [-0.25, -0.2) is 9.86 Å². The second kappa shape index (κ2) is 9.04. The van der Waals surface area contributed by atoms with Gasteiger partial charge >= 0.3 is 6.09 Å². The van der Waals surface area contributed by atoms with E-state index in [-0.39, 0.29) is 26.1 Å². The first-order chi connectivity index (χ1) is 10.4. The summed E-state index contributed by atoms with van der Waals surface area (Å²) in [5, 5.41) is 19.5. The Bertz CT molecular complexity index is 476. The van der Waals surface area contributed by atoms with Crippen LogP contribution in [0.15, 0.2) is 30.3 Å². The molecule has 0 spiro atoms. The summed E-state index contributed by atoms with van der Waals surface area (Å²) in [6.45, 7) is 4.56. The van der Waals surface area contributed by atoms with Crippen molar-refractivity contribution in [2.75, 3.05) is 13.1 Å². The number of carbonyl (C=O) groups is 2. The molecule has 0 unspecified atom stereocenters. The van der Waals surface area contributed by atoms with Gasteiger partial charge in [-0.3, -0.25) is 10.0 Å². The molecule has 0 aliphatic heterocycles. The molecule has 0 bridgehead atoms. The molecule has 0 saturated carbocycles. The van der Waals surface area contributed by atoms with E-state index < -0.39 is 12.0 Å². The predicted molar refractivity (Wildman–Crippen MR) is 82.4 cm³/mol. The van der Waals surface area contributed by atoms with Gasteiger partial charge in [-0.15, -0.1) is 0 Å². The molecule has 0 saturated heterocycles. The Hall–Kier alpha value is -2.08. The van der Waals surface area contributed by atoms with Crippen LogP contribution < -0.4 is 0 Å². The normalized spacial score (nSPS) is 10.5. The van der Waals surface area contributed by atoms with Gasteiger partial charge in [-0.2, -0.15) is 0 Å². The summed E-state index contributed by atoms with van der Waals surface area (Å²) in [4.78, 5) is 24.2. The summed E-state index contributed by atoms with van der Waals surface area (Å²) < 4.78 is 0. The van der Waals surface area contributed by atoms with Crippen LogP contribution in [0, 0.1) is 5.92 Å². The fraction of sp³-hybridized carbons (Fsp3) is 0.500. The highest BCUT2D eigenvalue weighted by molar-refractivity contribution is 5.75. The van der Waals surface area contributed by atoms with E-state index in [1.807, 2.05) is 44.2 Å². The first kappa shape index (κ1) is 18.0. The van der Waals surface area contributed by atoms with E-state index in [4.69, 9.17) is 0 Å². The lowest BCUT2D eigenvalue weighted by Gasteiger charge is -2.21. The van der Waals surface area contributed by atoms with Gasteiger partial charge in [0.05, 0.1) is 0 Å². The molecule has 1 rings (SSSR count). The van der Waals surface area contributed by atoms with Crippen molar-refractivity contribution >= 4 is 12.0 Å². The molecule has 2 N–H and O–H groups in total. The van der Waals surface area contributed by atoms with E-state index in [2.05, 4.69) is 0 Å². The van der Waals surface area contributed by atoms with Crippen LogP contribution in [0.4, 0.5) is 4.79 Å². The van der Waals surface area contributed by atoms with E-state index in [9.17, 15) is 19.9 Å². The van der Waals surface area contributed by atoms with E-state index in [0.717, 1.165) is 5.56 Å². The lowest BCUT2D eigenvalue weighted by molar-refractivity contribution is -0.166. The summed E-state index contributed by atoms with van der Waals surface area (Å²) in [6, 6.07) is 9.19. The minimum absolute atomic E-state index is 0.0340. The maximum absolute atomic E-state index is 11.8. The van der Waals surface area contributed by atoms with E-state index >= 15 is 0 Å². The van der Waals surface area contributed by atoms with Crippen molar-refractivity contribution in [3.05, 3.63) is 35.9 Å². The van der Waals surface area contributed by atoms with Crippen LogP contribution in [-0.2, 0) is 11.3 Å². The highest BCUT2D eigenvalue weighted by Crippen LogP contribution is 2.07. The van der Waals surface area contributed by atoms with E-state index in [1.54, 1.807) is 0 Å². The number of amides is 2. The molecule has 2 amide bonds. The SMILES string of the molecule is CC(C)CCN(O)C(=O)CCN(Cc1ccccc1)C(=O)O. The average Bonchev–Trinajstić information content (AvgIpc) is 2.49. The highest BCUT2D eigenvalue weighted by Gasteiger charge is 2.17.